The van der Waals surface area contributed by atoms with Gasteiger partial charge < -0.3 is 9.84 Å². The summed E-state index contributed by atoms with van der Waals surface area (Å²) >= 11 is 4.82. The first kappa shape index (κ1) is 7.14. The highest BCUT2D eigenvalue weighted by Crippen LogP contribution is 1.89. The number of alkyl halides is 2. The SMILES string of the molecule is OC(Cl)OCCF. The van der Waals surface area contributed by atoms with Crippen LogP contribution in [0.3, 0.4) is 0 Å². The predicted octanol–water partition coefficient (Wildman–Crippen LogP) is 0.487. The van der Waals surface area contributed by atoms with E-state index in [9.17, 15) is 4.39 Å². The van der Waals surface area contributed by atoms with Crippen molar-refractivity contribution in [3.05, 3.63) is 0 Å². The van der Waals surface area contributed by atoms with Gasteiger partial charge in [-0.15, -0.1) is 0 Å². The maximum Gasteiger partial charge on any atom is 0.234 e. The monoisotopic (exact) mass is 128 g/mol. The first-order chi connectivity index (χ1) is 3.27. The standard InChI is InChI=1S/C3H6ClFO2/c4-3(6)7-2-1-5/h3,6H,1-2H2. The van der Waals surface area contributed by atoms with E-state index in [1.165, 1.54) is 0 Å². The fourth-order valence-electron chi connectivity index (χ4n) is 0.142. The molecular weight excluding hydrogens is 122 g/mol. The lowest BCUT2D eigenvalue weighted by atomic mass is 10.8. The van der Waals surface area contributed by atoms with Gasteiger partial charge in [0.2, 0.25) is 5.75 Å². The number of halogens is 2. The van der Waals surface area contributed by atoms with Crippen LogP contribution in [0.1, 0.15) is 0 Å². The molecule has 0 fully saturated rings. The van der Waals surface area contributed by atoms with Crippen LogP contribution in [0.25, 0.3) is 0 Å². The molecule has 0 aromatic rings. The molecule has 0 amide bonds. The first-order valence-corrected chi connectivity index (χ1v) is 2.20. The topological polar surface area (TPSA) is 29.5 Å². The summed E-state index contributed by atoms with van der Waals surface area (Å²) in [6, 6.07) is 0. The van der Waals surface area contributed by atoms with Crippen LogP contribution in [0.4, 0.5) is 4.39 Å². The Hall–Kier alpha value is 0.140. The minimum absolute atomic E-state index is 0.148. The summed E-state index contributed by atoms with van der Waals surface area (Å²) in [5.41, 5.74) is 0. The molecule has 0 aliphatic heterocycles. The van der Waals surface area contributed by atoms with Crippen LogP contribution in [0.15, 0.2) is 0 Å². The summed E-state index contributed by atoms with van der Waals surface area (Å²) in [6.45, 7) is -0.769. The van der Waals surface area contributed by atoms with Crippen molar-refractivity contribution in [2.24, 2.45) is 0 Å². The molecule has 0 rings (SSSR count). The molecule has 0 aromatic carbocycles. The van der Waals surface area contributed by atoms with Crippen molar-refractivity contribution in [3.63, 3.8) is 0 Å². The summed E-state index contributed by atoms with van der Waals surface area (Å²) < 4.78 is 15.2. The number of hydrogen-bond donors (Lipinski definition) is 1. The smallest absolute Gasteiger partial charge is 0.234 e. The van der Waals surface area contributed by atoms with Crippen LogP contribution in [-0.2, 0) is 4.74 Å². The zero-order chi connectivity index (χ0) is 5.70. The largest absolute Gasteiger partial charge is 0.356 e. The average molecular weight is 129 g/mol. The van der Waals surface area contributed by atoms with Crippen LogP contribution < -0.4 is 0 Å². The lowest BCUT2D eigenvalue weighted by Gasteiger charge is -1.98. The van der Waals surface area contributed by atoms with Gasteiger partial charge in [0.15, 0.2) is 0 Å². The third-order valence-electron chi connectivity index (χ3n) is 0.333. The Morgan fingerprint density at radius 2 is 2.43 bits per heavy atom. The summed E-state index contributed by atoms with van der Waals surface area (Å²) in [6.07, 6.45) is 0. The Morgan fingerprint density at radius 3 is 2.57 bits per heavy atom. The molecule has 2 nitrogen and oxygen atoms in total. The zero-order valence-electron chi connectivity index (χ0n) is 3.60. The van der Waals surface area contributed by atoms with Crippen LogP contribution in [0, 0.1) is 0 Å². The van der Waals surface area contributed by atoms with E-state index < -0.39 is 12.4 Å². The summed E-state index contributed by atoms with van der Waals surface area (Å²) in [5.74, 6) is -1.37. The summed E-state index contributed by atoms with van der Waals surface area (Å²) in [5, 5.41) is 8.06. The molecule has 0 aliphatic carbocycles. The van der Waals surface area contributed by atoms with E-state index in [-0.39, 0.29) is 6.61 Å². The van der Waals surface area contributed by atoms with E-state index in [4.69, 9.17) is 16.7 Å². The number of rotatable bonds is 3. The summed E-state index contributed by atoms with van der Waals surface area (Å²) in [4.78, 5) is 0. The van der Waals surface area contributed by atoms with Gasteiger partial charge in [-0.3, -0.25) is 0 Å². The third kappa shape index (κ3) is 6.14. The van der Waals surface area contributed by atoms with E-state index in [0.717, 1.165) is 0 Å². The second-order valence-electron chi connectivity index (χ2n) is 0.852. The number of hydrogen-bond acceptors (Lipinski definition) is 2. The van der Waals surface area contributed by atoms with Crippen LogP contribution >= 0.6 is 11.6 Å². The Kier molecular flexibility index (Phi) is 4.39. The lowest BCUT2D eigenvalue weighted by Crippen LogP contribution is -2.04. The molecule has 7 heavy (non-hydrogen) atoms. The maximum atomic E-state index is 11.1. The molecule has 1 N–H and O–H groups in total. The van der Waals surface area contributed by atoms with E-state index in [1.807, 2.05) is 0 Å². The molecule has 0 saturated carbocycles. The zero-order valence-corrected chi connectivity index (χ0v) is 4.36. The predicted molar refractivity (Wildman–Crippen MR) is 23.8 cm³/mol. The molecule has 0 aromatic heterocycles. The van der Waals surface area contributed by atoms with Crippen molar-refractivity contribution in [2.75, 3.05) is 13.3 Å². The lowest BCUT2D eigenvalue weighted by molar-refractivity contribution is -0.0423. The highest BCUT2D eigenvalue weighted by Gasteiger charge is 1.92. The molecule has 0 spiro atoms. The second-order valence-corrected chi connectivity index (χ2v) is 1.23. The van der Waals surface area contributed by atoms with Gasteiger partial charge in [-0.05, 0) is 0 Å². The maximum absolute atomic E-state index is 11.1. The fraction of sp³-hybridized carbons (Fsp3) is 1.00. The average Bonchev–Trinajstić information content (AvgIpc) is 1.61. The van der Waals surface area contributed by atoms with Gasteiger partial charge in [0.25, 0.3) is 0 Å². The molecule has 0 bridgehead atoms. The number of ether oxygens (including phenoxy) is 1. The van der Waals surface area contributed by atoms with E-state index in [1.54, 1.807) is 0 Å². The molecule has 0 saturated heterocycles. The highest BCUT2D eigenvalue weighted by molar-refractivity contribution is 6.18. The summed E-state index contributed by atoms with van der Waals surface area (Å²) in [7, 11) is 0. The third-order valence-corrected chi connectivity index (χ3v) is 0.459. The van der Waals surface area contributed by atoms with Gasteiger partial charge in [-0.2, -0.15) is 0 Å². The van der Waals surface area contributed by atoms with E-state index in [2.05, 4.69) is 4.74 Å². The molecule has 0 radical (unpaired) electrons. The Balaban J connectivity index is 2.68. The van der Waals surface area contributed by atoms with Crippen molar-refractivity contribution < 1.29 is 14.2 Å². The van der Waals surface area contributed by atoms with Gasteiger partial charge in [-0.1, -0.05) is 11.6 Å². The number of aliphatic hydroxyl groups is 1. The molecule has 44 valence electrons. The van der Waals surface area contributed by atoms with Gasteiger partial charge in [0.05, 0.1) is 6.61 Å². The molecule has 4 heteroatoms. The normalized spacial score (nSPS) is 14.1. The molecule has 1 atom stereocenters. The van der Waals surface area contributed by atoms with Crippen molar-refractivity contribution in [3.8, 4) is 0 Å². The minimum atomic E-state index is -1.37. The Morgan fingerprint density at radius 1 is 1.86 bits per heavy atom. The Bertz CT molecular complexity index is 41.9. The van der Waals surface area contributed by atoms with Gasteiger partial charge in [-0.25, -0.2) is 4.39 Å². The highest BCUT2D eigenvalue weighted by atomic mass is 35.5. The molecule has 1 unspecified atom stereocenters. The van der Waals surface area contributed by atoms with Crippen LogP contribution in [0.2, 0.25) is 0 Å². The van der Waals surface area contributed by atoms with Gasteiger partial charge >= 0.3 is 0 Å². The molecular formula is C3H6ClFO2. The molecule has 0 aliphatic rings. The van der Waals surface area contributed by atoms with Crippen molar-refractivity contribution in [1.29, 1.82) is 0 Å². The Labute approximate surface area is 45.8 Å². The van der Waals surface area contributed by atoms with E-state index >= 15 is 0 Å². The fourth-order valence-corrected chi connectivity index (χ4v) is 0.231. The van der Waals surface area contributed by atoms with E-state index in [0.29, 0.717) is 0 Å². The number of aliphatic hydroxyl groups excluding tert-OH is 1. The molecule has 0 heterocycles. The van der Waals surface area contributed by atoms with Gasteiger partial charge in [0, 0.05) is 0 Å². The van der Waals surface area contributed by atoms with Crippen molar-refractivity contribution >= 4 is 11.6 Å². The van der Waals surface area contributed by atoms with Crippen LogP contribution in [-0.4, -0.2) is 24.1 Å². The van der Waals surface area contributed by atoms with Gasteiger partial charge in [0.1, 0.15) is 6.67 Å². The van der Waals surface area contributed by atoms with Crippen LogP contribution in [0.5, 0.6) is 0 Å². The van der Waals surface area contributed by atoms with Crippen molar-refractivity contribution in [1.82, 2.24) is 0 Å². The first-order valence-electron chi connectivity index (χ1n) is 1.77. The quantitative estimate of drug-likeness (QED) is 0.443. The van der Waals surface area contributed by atoms with Crippen molar-refractivity contribution in [2.45, 2.75) is 5.75 Å². The minimum Gasteiger partial charge on any atom is -0.356 e. The second kappa shape index (κ2) is 4.30.